The number of benzene rings is 1. The number of carbonyl (C=O) groups excluding carboxylic acids is 1. The molecule has 1 aromatic carbocycles. The predicted octanol–water partition coefficient (Wildman–Crippen LogP) is -0.001000. The summed E-state index contributed by atoms with van der Waals surface area (Å²) >= 11 is 0. The monoisotopic (exact) mass is 410 g/mol. The zero-order valence-corrected chi connectivity index (χ0v) is 15.9. The Bertz CT molecular complexity index is 745. The van der Waals surface area contributed by atoms with E-state index in [0.29, 0.717) is 19.6 Å². The minimum atomic E-state index is -4.83. The largest absolute Gasteiger partial charge is 0.573 e. The van der Waals surface area contributed by atoms with Crippen molar-refractivity contribution >= 4 is 15.9 Å². The van der Waals surface area contributed by atoms with Crippen molar-refractivity contribution in [2.45, 2.75) is 31.1 Å². The first-order chi connectivity index (χ1) is 12.5. The van der Waals surface area contributed by atoms with Crippen LogP contribution in [0.25, 0.3) is 0 Å². The molecule has 0 unspecified atom stereocenters. The van der Waals surface area contributed by atoms with Crippen molar-refractivity contribution in [3.63, 3.8) is 0 Å². The van der Waals surface area contributed by atoms with Gasteiger partial charge in [0.05, 0.1) is 31.1 Å². The summed E-state index contributed by atoms with van der Waals surface area (Å²) in [6.45, 7) is 5.54. The van der Waals surface area contributed by atoms with Gasteiger partial charge in [0.15, 0.2) is 6.04 Å². The highest BCUT2D eigenvalue weighted by Gasteiger charge is 2.35. The number of piperazine rings is 1. The highest BCUT2D eigenvalue weighted by Crippen LogP contribution is 2.25. The number of sulfonamides is 1. The Labute approximate surface area is 156 Å². The number of amides is 1. The van der Waals surface area contributed by atoms with Crippen LogP contribution in [0.3, 0.4) is 0 Å². The van der Waals surface area contributed by atoms with Crippen LogP contribution in [0.2, 0.25) is 0 Å². The average molecular weight is 410 g/mol. The molecule has 2 N–H and O–H groups in total. The minimum absolute atomic E-state index is 0.0796. The predicted molar refractivity (Wildman–Crippen MR) is 90.7 cm³/mol. The summed E-state index contributed by atoms with van der Waals surface area (Å²) in [6.07, 6.45) is -4.83. The van der Waals surface area contributed by atoms with Gasteiger partial charge in [0.25, 0.3) is 5.91 Å². The maximum Gasteiger partial charge on any atom is 0.573 e. The van der Waals surface area contributed by atoms with Gasteiger partial charge in [-0.15, -0.1) is 13.2 Å². The lowest BCUT2D eigenvalue weighted by molar-refractivity contribution is -0.917. The van der Waals surface area contributed by atoms with Gasteiger partial charge < -0.3 is 15.0 Å². The number of hydrogen-bond donors (Lipinski definition) is 2. The lowest BCUT2D eigenvalue weighted by atomic mass is 10.2. The molecule has 1 saturated heterocycles. The van der Waals surface area contributed by atoms with E-state index in [4.69, 9.17) is 0 Å². The van der Waals surface area contributed by atoms with Crippen LogP contribution < -0.4 is 15.0 Å². The number of quaternary nitrogens is 1. The van der Waals surface area contributed by atoms with Gasteiger partial charge in [-0.25, -0.2) is 8.42 Å². The van der Waals surface area contributed by atoms with Crippen LogP contribution in [-0.4, -0.2) is 63.8 Å². The summed E-state index contributed by atoms with van der Waals surface area (Å²) in [5.41, 5.74) is 0. The molecule has 1 heterocycles. The molecule has 1 aliphatic rings. The van der Waals surface area contributed by atoms with Crippen LogP contribution in [0, 0.1) is 0 Å². The molecule has 1 aromatic rings. The van der Waals surface area contributed by atoms with Gasteiger partial charge in [0.2, 0.25) is 10.0 Å². The Hall–Kier alpha value is -1.85. The molecule has 0 radical (unpaired) electrons. The fourth-order valence-electron chi connectivity index (χ4n) is 2.92. The summed E-state index contributed by atoms with van der Waals surface area (Å²) in [5, 5.41) is 2.75. The Kier molecular flexibility index (Phi) is 6.71. The molecule has 0 saturated carbocycles. The third kappa shape index (κ3) is 5.56. The van der Waals surface area contributed by atoms with Crippen molar-refractivity contribution in [3.8, 4) is 5.75 Å². The first kappa shape index (κ1) is 21.5. The van der Waals surface area contributed by atoms with Gasteiger partial charge in [-0.05, 0) is 38.1 Å². The van der Waals surface area contributed by atoms with Crippen LogP contribution in [0.1, 0.15) is 13.8 Å². The van der Waals surface area contributed by atoms with E-state index >= 15 is 0 Å². The third-order valence-electron chi connectivity index (χ3n) is 4.42. The number of halogens is 3. The molecular formula is C16H23F3N3O4S+. The van der Waals surface area contributed by atoms with Crippen LogP contribution >= 0.6 is 0 Å². The summed E-state index contributed by atoms with van der Waals surface area (Å²) in [5.74, 6) is -0.560. The normalized spacial score (nSPS) is 18.1. The van der Waals surface area contributed by atoms with Crippen molar-refractivity contribution < 1.29 is 36.0 Å². The fraction of sp³-hybridized carbons (Fsp3) is 0.562. The van der Waals surface area contributed by atoms with Crippen LogP contribution in [0.5, 0.6) is 5.75 Å². The second-order valence-corrected chi connectivity index (χ2v) is 8.14. The third-order valence-corrected chi connectivity index (χ3v) is 6.33. The Balaban J connectivity index is 2.01. The lowest BCUT2D eigenvalue weighted by Gasteiger charge is -2.34. The maximum absolute atomic E-state index is 12.7. The summed E-state index contributed by atoms with van der Waals surface area (Å²) in [4.78, 5) is 12.8. The van der Waals surface area contributed by atoms with E-state index in [1.54, 1.807) is 6.92 Å². The molecular weight excluding hydrogens is 387 g/mol. The number of alkyl halides is 3. The number of likely N-dealkylation sites (N-methyl/N-ethyl adjacent to an activating group) is 1. The molecule has 7 nitrogen and oxygen atoms in total. The number of carbonyl (C=O) groups is 1. The molecule has 1 aliphatic heterocycles. The van der Waals surface area contributed by atoms with Gasteiger partial charge in [-0.2, -0.15) is 4.31 Å². The van der Waals surface area contributed by atoms with E-state index in [-0.39, 0.29) is 29.9 Å². The molecule has 0 spiro atoms. The SMILES string of the molecule is CCNC(=O)[C@H](C)[NH+]1CCN(S(=O)(=O)c2ccc(OC(F)(F)F)cc2)CC1. The summed E-state index contributed by atoms with van der Waals surface area (Å²) in [6, 6.07) is 3.84. The van der Waals surface area contributed by atoms with E-state index in [2.05, 4.69) is 10.1 Å². The van der Waals surface area contributed by atoms with Crippen molar-refractivity contribution in [1.29, 1.82) is 0 Å². The summed E-state index contributed by atoms with van der Waals surface area (Å²) < 4.78 is 67.0. The number of ether oxygens (including phenoxy) is 1. The molecule has 0 aliphatic carbocycles. The number of rotatable bonds is 6. The Morgan fingerprint density at radius 1 is 1.26 bits per heavy atom. The Morgan fingerprint density at radius 2 is 1.81 bits per heavy atom. The van der Waals surface area contributed by atoms with E-state index in [1.165, 1.54) is 4.31 Å². The molecule has 0 aromatic heterocycles. The number of nitrogens with one attached hydrogen (secondary N) is 2. The zero-order valence-electron chi connectivity index (χ0n) is 15.0. The van der Waals surface area contributed by atoms with Crippen molar-refractivity contribution in [3.05, 3.63) is 24.3 Å². The molecule has 11 heteroatoms. The average Bonchev–Trinajstić information content (AvgIpc) is 2.60. The molecule has 0 bridgehead atoms. The molecule has 1 fully saturated rings. The van der Waals surface area contributed by atoms with Crippen LogP contribution in [0.15, 0.2) is 29.2 Å². The highest BCUT2D eigenvalue weighted by molar-refractivity contribution is 7.89. The Morgan fingerprint density at radius 3 is 2.30 bits per heavy atom. The van der Waals surface area contributed by atoms with E-state index < -0.39 is 22.1 Å². The maximum atomic E-state index is 12.7. The number of hydrogen-bond acceptors (Lipinski definition) is 4. The molecule has 1 amide bonds. The first-order valence-corrected chi connectivity index (χ1v) is 9.97. The van der Waals surface area contributed by atoms with Crippen molar-refractivity contribution in [2.75, 3.05) is 32.7 Å². The standard InChI is InChI=1S/C16H22F3N3O4S/c1-3-20-15(23)12(2)21-8-10-22(11-9-21)27(24,25)14-6-4-13(5-7-14)26-16(17,18)19/h4-7,12H,3,8-11H2,1-2H3,(H,20,23)/p+1/t12-/m0/s1. The zero-order chi connectivity index (χ0) is 20.2. The van der Waals surface area contributed by atoms with Crippen LogP contribution in [0.4, 0.5) is 13.2 Å². The van der Waals surface area contributed by atoms with Gasteiger partial charge in [0, 0.05) is 6.54 Å². The van der Waals surface area contributed by atoms with Gasteiger partial charge >= 0.3 is 6.36 Å². The fourth-order valence-corrected chi connectivity index (χ4v) is 4.36. The van der Waals surface area contributed by atoms with Crippen molar-refractivity contribution in [1.82, 2.24) is 9.62 Å². The van der Waals surface area contributed by atoms with E-state index in [1.807, 2.05) is 6.92 Å². The van der Waals surface area contributed by atoms with Gasteiger partial charge in [-0.3, -0.25) is 4.79 Å². The summed E-state index contributed by atoms with van der Waals surface area (Å²) in [7, 11) is -3.82. The van der Waals surface area contributed by atoms with Crippen molar-refractivity contribution in [2.24, 2.45) is 0 Å². The molecule has 152 valence electrons. The number of nitrogens with zero attached hydrogens (tertiary/aromatic N) is 1. The second kappa shape index (κ2) is 8.44. The molecule has 1 atom stereocenters. The smallest absolute Gasteiger partial charge is 0.406 e. The van der Waals surface area contributed by atoms with E-state index in [0.717, 1.165) is 29.2 Å². The highest BCUT2D eigenvalue weighted by atomic mass is 32.2. The van der Waals surface area contributed by atoms with Gasteiger partial charge in [-0.1, -0.05) is 0 Å². The molecule has 2 rings (SSSR count). The minimum Gasteiger partial charge on any atom is -0.406 e. The molecule has 27 heavy (non-hydrogen) atoms. The topological polar surface area (TPSA) is 80.2 Å². The van der Waals surface area contributed by atoms with Crippen LogP contribution in [-0.2, 0) is 14.8 Å². The van der Waals surface area contributed by atoms with Gasteiger partial charge in [0.1, 0.15) is 5.75 Å². The quantitative estimate of drug-likeness (QED) is 0.692. The lowest BCUT2D eigenvalue weighted by Crippen LogP contribution is -3.19. The second-order valence-electron chi connectivity index (χ2n) is 6.20. The van der Waals surface area contributed by atoms with E-state index in [9.17, 15) is 26.4 Å². The first-order valence-electron chi connectivity index (χ1n) is 8.53.